The summed E-state index contributed by atoms with van der Waals surface area (Å²) >= 11 is 0. The zero-order valence-electron chi connectivity index (χ0n) is 12.8. The van der Waals surface area contributed by atoms with Crippen LogP contribution >= 0.6 is 0 Å². The monoisotopic (exact) mass is 292 g/mol. The van der Waals surface area contributed by atoms with Crippen molar-refractivity contribution < 1.29 is 9.18 Å². The van der Waals surface area contributed by atoms with Crippen molar-refractivity contribution in [3.8, 4) is 0 Å². The van der Waals surface area contributed by atoms with E-state index in [1.807, 2.05) is 23.1 Å². The van der Waals surface area contributed by atoms with E-state index in [2.05, 4.69) is 24.0 Å². The number of carbonyl (C=O) groups is 1. The Hall–Kier alpha value is -1.42. The molecule has 1 saturated heterocycles. The predicted octanol–water partition coefficient (Wildman–Crippen LogP) is 2.86. The molecule has 2 rings (SSSR count). The first-order valence-electron chi connectivity index (χ1n) is 7.86. The summed E-state index contributed by atoms with van der Waals surface area (Å²) in [6, 6.07) is 10.3. The van der Waals surface area contributed by atoms with Crippen LogP contribution in [0, 0.1) is 0 Å². The van der Waals surface area contributed by atoms with Crippen molar-refractivity contribution in [3.63, 3.8) is 0 Å². The van der Waals surface area contributed by atoms with Gasteiger partial charge in [-0.2, -0.15) is 0 Å². The molecule has 1 aliphatic rings. The Balaban J connectivity index is 2.05. The normalized spacial score (nSPS) is 20.6. The summed E-state index contributed by atoms with van der Waals surface area (Å²) in [5.74, 6) is 0.216. The van der Waals surface area contributed by atoms with Crippen LogP contribution in [0.5, 0.6) is 0 Å². The van der Waals surface area contributed by atoms with Crippen LogP contribution in [0.4, 0.5) is 4.39 Å². The largest absolute Gasteiger partial charge is 0.334 e. The molecule has 116 valence electrons. The van der Waals surface area contributed by atoms with Gasteiger partial charge < -0.3 is 9.80 Å². The van der Waals surface area contributed by atoms with Crippen LogP contribution in [0.1, 0.15) is 31.7 Å². The maximum atomic E-state index is 12.4. The molecule has 1 fully saturated rings. The summed E-state index contributed by atoms with van der Waals surface area (Å²) in [5.41, 5.74) is 1.17. The summed E-state index contributed by atoms with van der Waals surface area (Å²) in [5, 5.41) is 0. The molecule has 1 aromatic rings. The first-order chi connectivity index (χ1) is 10.2. The van der Waals surface area contributed by atoms with Crippen molar-refractivity contribution >= 4 is 5.91 Å². The van der Waals surface area contributed by atoms with Gasteiger partial charge in [0.1, 0.15) is 0 Å². The number of alkyl halides is 1. The number of hydrogen-bond donors (Lipinski definition) is 0. The highest BCUT2D eigenvalue weighted by Crippen LogP contribution is 2.17. The van der Waals surface area contributed by atoms with Gasteiger partial charge in [-0.25, -0.2) is 0 Å². The quantitative estimate of drug-likeness (QED) is 0.805. The topological polar surface area (TPSA) is 23.6 Å². The van der Waals surface area contributed by atoms with E-state index in [1.54, 1.807) is 0 Å². The molecule has 1 aliphatic heterocycles. The maximum absolute atomic E-state index is 12.4. The molecule has 0 aliphatic carbocycles. The van der Waals surface area contributed by atoms with Gasteiger partial charge in [0.15, 0.2) is 0 Å². The van der Waals surface area contributed by atoms with Gasteiger partial charge in [0, 0.05) is 38.6 Å². The fourth-order valence-corrected chi connectivity index (χ4v) is 2.92. The number of rotatable bonds is 6. The highest BCUT2D eigenvalue weighted by molar-refractivity contribution is 5.77. The van der Waals surface area contributed by atoms with Crippen LogP contribution in [-0.4, -0.2) is 48.1 Å². The SMILES string of the molecule is CCC1CN(CCCF)CCC(=O)N1Cc1ccccc1. The standard InChI is InChI=1S/C17H25FN2O/c1-2-16-14-19(11-6-10-18)12-9-17(21)20(16)13-15-7-4-3-5-8-15/h3-5,7-8,16H,2,6,9-14H2,1H3. The Morgan fingerprint density at radius 2 is 2.05 bits per heavy atom. The molecule has 1 amide bonds. The van der Waals surface area contributed by atoms with Gasteiger partial charge in [-0.3, -0.25) is 9.18 Å². The smallest absolute Gasteiger partial charge is 0.224 e. The molecule has 1 unspecified atom stereocenters. The van der Waals surface area contributed by atoms with Gasteiger partial charge in [-0.1, -0.05) is 37.3 Å². The van der Waals surface area contributed by atoms with Crippen molar-refractivity contribution in [2.24, 2.45) is 0 Å². The summed E-state index contributed by atoms with van der Waals surface area (Å²) in [7, 11) is 0. The van der Waals surface area contributed by atoms with E-state index < -0.39 is 0 Å². The van der Waals surface area contributed by atoms with E-state index in [4.69, 9.17) is 0 Å². The van der Waals surface area contributed by atoms with E-state index in [0.29, 0.717) is 19.4 Å². The first-order valence-corrected chi connectivity index (χ1v) is 7.86. The molecule has 21 heavy (non-hydrogen) atoms. The number of hydrogen-bond acceptors (Lipinski definition) is 2. The fraction of sp³-hybridized carbons (Fsp3) is 0.588. The molecule has 0 N–H and O–H groups in total. The Bertz CT molecular complexity index is 438. The number of carbonyl (C=O) groups excluding carboxylic acids is 1. The average Bonchev–Trinajstić information content (AvgIpc) is 2.67. The Labute approximate surface area is 126 Å². The van der Waals surface area contributed by atoms with Crippen LogP contribution in [0.25, 0.3) is 0 Å². The van der Waals surface area contributed by atoms with E-state index >= 15 is 0 Å². The van der Waals surface area contributed by atoms with Crippen molar-refractivity contribution in [2.45, 2.75) is 38.8 Å². The summed E-state index contributed by atoms with van der Waals surface area (Å²) in [6.45, 7) is 4.87. The molecule has 1 aromatic carbocycles. The second-order valence-electron chi connectivity index (χ2n) is 5.66. The van der Waals surface area contributed by atoms with E-state index in [9.17, 15) is 9.18 Å². The minimum absolute atomic E-state index is 0.216. The minimum Gasteiger partial charge on any atom is -0.334 e. The second kappa shape index (κ2) is 8.13. The fourth-order valence-electron chi connectivity index (χ4n) is 2.92. The summed E-state index contributed by atoms with van der Waals surface area (Å²) in [4.78, 5) is 16.7. The lowest BCUT2D eigenvalue weighted by Crippen LogP contribution is -2.42. The molecule has 0 radical (unpaired) electrons. The van der Waals surface area contributed by atoms with E-state index in [1.165, 1.54) is 5.56 Å². The molecule has 0 aromatic heterocycles. The third kappa shape index (κ3) is 4.53. The van der Waals surface area contributed by atoms with E-state index in [0.717, 1.165) is 26.1 Å². The molecular weight excluding hydrogens is 267 g/mol. The Morgan fingerprint density at radius 3 is 2.71 bits per heavy atom. The minimum atomic E-state index is -0.283. The lowest BCUT2D eigenvalue weighted by molar-refractivity contribution is -0.133. The van der Waals surface area contributed by atoms with Crippen molar-refractivity contribution in [1.82, 2.24) is 9.80 Å². The molecule has 0 bridgehead atoms. The Kier molecular flexibility index (Phi) is 6.18. The van der Waals surface area contributed by atoms with Crippen LogP contribution in [-0.2, 0) is 11.3 Å². The van der Waals surface area contributed by atoms with Crippen LogP contribution in [0.3, 0.4) is 0 Å². The van der Waals surface area contributed by atoms with Gasteiger partial charge in [-0.05, 0) is 18.4 Å². The number of nitrogens with zero attached hydrogens (tertiary/aromatic N) is 2. The number of amides is 1. The van der Waals surface area contributed by atoms with Crippen molar-refractivity contribution in [1.29, 1.82) is 0 Å². The number of halogens is 1. The zero-order valence-corrected chi connectivity index (χ0v) is 12.8. The Morgan fingerprint density at radius 1 is 1.29 bits per heavy atom. The maximum Gasteiger partial charge on any atom is 0.224 e. The molecule has 1 atom stereocenters. The molecule has 1 heterocycles. The van der Waals surface area contributed by atoms with Gasteiger partial charge in [-0.15, -0.1) is 0 Å². The molecule has 3 nitrogen and oxygen atoms in total. The third-order valence-corrected chi connectivity index (χ3v) is 4.15. The molecule has 0 saturated carbocycles. The van der Waals surface area contributed by atoms with Gasteiger partial charge in [0.25, 0.3) is 0 Å². The number of benzene rings is 1. The molecule has 4 heteroatoms. The van der Waals surface area contributed by atoms with Crippen LogP contribution in [0.15, 0.2) is 30.3 Å². The van der Waals surface area contributed by atoms with Gasteiger partial charge in [0.05, 0.1) is 6.67 Å². The average molecular weight is 292 g/mol. The van der Waals surface area contributed by atoms with Crippen LogP contribution < -0.4 is 0 Å². The van der Waals surface area contributed by atoms with Gasteiger partial charge >= 0.3 is 0 Å². The third-order valence-electron chi connectivity index (χ3n) is 4.15. The summed E-state index contributed by atoms with van der Waals surface area (Å²) in [6.07, 6.45) is 2.03. The second-order valence-corrected chi connectivity index (χ2v) is 5.66. The highest BCUT2D eigenvalue weighted by Gasteiger charge is 2.28. The summed E-state index contributed by atoms with van der Waals surface area (Å²) < 4.78 is 12.4. The zero-order chi connectivity index (χ0) is 15.1. The van der Waals surface area contributed by atoms with Crippen molar-refractivity contribution in [2.75, 3.05) is 26.3 Å². The van der Waals surface area contributed by atoms with Crippen LogP contribution in [0.2, 0.25) is 0 Å². The van der Waals surface area contributed by atoms with Gasteiger partial charge in [0.2, 0.25) is 5.91 Å². The molecular formula is C17H25FN2O. The highest BCUT2D eigenvalue weighted by atomic mass is 19.1. The van der Waals surface area contributed by atoms with E-state index in [-0.39, 0.29) is 18.6 Å². The lowest BCUT2D eigenvalue weighted by atomic mass is 10.1. The van der Waals surface area contributed by atoms with Crippen molar-refractivity contribution in [3.05, 3.63) is 35.9 Å². The lowest BCUT2D eigenvalue weighted by Gasteiger charge is -2.31. The molecule has 0 spiro atoms. The predicted molar refractivity (Wildman–Crippen MR) is 82.7 cm³/mol. The first kappa shape index (κ1) is 16.0.